The maximum atomic E-state index is 11.8. The summed E-state index contributed by atoms with van der Waals surface area (Å²) in [6, 6.07) is -0.0510. The third-order valence-electron chi connectivity index (χ3n) is 3.21. The first-order chi connectivity index (χ1) is 7.65. The second-order valence-electron chi connectivity index (χ2n) is 4.32. The van der Waals surface area contributed by atoms with Crippen LogP contribution in [-0.2, 0) is 14.3 Å². The molecule has 1 unspecified atom stereocenters. The lowest BCUT2D eigenvalue weighted by atomic mass is 10.0. The lowest BCUT2D eigenvalue weighted by Gasteiger charge is -2.31. The van der Waals surface area contributed by atoms with E-state index in [1.54, 1.807) is 0 Å². The number of piperidine rings is 1. The summed E-state index contributed by atoms with van der Waals surface area (Å²) in [5.41, 5.74) is 0. The third kappa shape index (κ3) is 3.93. The summed E-state index contributed by atoms with van der Waals surface area (Å²) in [6.45, 7) is 3.95. The zero-order chi connectivity index (χ0) is 12.0. The Morgan fingerprint density at radius 1 is 1.19 bits per heavy atom. The summed E-state index contributed by atoms with van der Waals surface area (Å²) in [5.74, 6) is -0.161. The van der Waals surface area contributed by atoms with Crippen molar-refractivity contribution in [1.82, 2.24) is 4.90 Å². The van der Waals surface area contributed by atoms with E-state index in [4.69, 9.17) is 0 Å². The Labute approximate surface area is 96.9 Å². The van der Waals surface area contributed by atoms with E-state index in [0.29, 0.717) is 6.42 Å². The number of rotatable bonds is 5. The molecule has 0 spiro atoms. The van der Waals surface area contributed by atoms with E-state index in [9.17, 15) is 9.59 Å². The maximum Gasteiger partial charge on any atom is 0.305 e. The summed E-state index contributed by atoms with van der Waals surface area (Å²) in [5, 5.41) is 0. The molecule has 0 radical (unpaired) electrons. The highest BCUT2D eigenvalue weighted by atomic mass is 16.5. The molecule has 16 heavy (non-hydrogen) atoms. The number of esters is 1. The van der Waals surface area contributed by atoms with Crippen LogP contribution in [-0.4, -0.2) is 42.9 Å². The third-order valence-corrected chi connectivity index (χ3v) is 3.21. The fraction of sp³-hybridized carbons (Fsp3) is 0.833. The molecule has 1 saturated heterocycles. The molecule has 4 heteroatoms. The Balaban J connectivity index is 2.31. The average molecular weight is 227 g/mol. The van der Waals surface area contributed by atoms with Crippen molar-refractivity contribution in [3.05, 3.63) is 0 Å². The standard InChI is InChI=1S/C12H21NO3/c1-10(13-8-4-3-5-9-13)11(14)6-7-12(15)16-2/h10H,3-9H2,1-2H3. The first-order valence-electron chi connectivity index (χ1n) is 5.98. The minimum Gasteiger partial charge on any atom is -0.469 e. The Morgan fingerprint density at radius 2 is 1.81 bits per heavy atom. The smallest absolute Gasteiger partial charge is 0.305 e. The summed E-state index contributed by atoms with van der Waals surface area (Å²) >= 11 is 0. The largest absolute Gasteiger partial charge is 0.469 e. The first kappa shape index (κ1) is 13.2. The number of hydrogen-bond acceptors (Lipinski definition) is 4. The number of carbonyl (C=O) groups excluding carboxylic acids is 2. The molecule has 4 nitrogen and oxygen atoms in total. The minimum absolute atomic E-state index is 0.0510. The van der Waals surface area contributed by atoms with Crippen LogP contribution in [0.4, 0.5) is 0 Å². The molecule has 0 aliphatic carbocycles. The fourth-order valence-corrected chi connectivity index (χ4v) is 2.05. The summed E-state index contributed by atoms with van der Waals surface area (Å²) in [4.78, 5) is 25.0. The molecule has 1 rings (SSSR count). The van der Waals surface area contributed by atoms with Crippen molar-refractivity contribution in [3.63, 3.8) is 0 Å². The summed E-state index contributed by atoms with van der Waals surface area (Å²) < 4.78 is 4.52. The van der Waals surface area contributed by atoms with E-state index in [0.717, 1.165) is 13.1 Å². The molecule has 1 atom stereocenters. The van der Waals surface area contributed by atoms with Gasteiger partial charge in [-0.05, 0) is 32.9 Å². The number of ether oxygens (including phenoxy) is 1. The van der Waals surface area contributed by atoms with Crippen LogP contribution in [0.1, 0.15) is 39.0 Å². The predicted octanol–water partition coefficient (Wildman–Crippen LogP) is 1.38. The van der Waals surface area contributed by atoms with E-state index >= 15 is 0 Å². The van der Waals surface area contributed by atoms with Gasteiger partial charge in [0.05, 0.1) is 19.6 Å². The van der Waals surface area contributed by atoms with Gasteiger partial charge in [0.2, 0.25) is 0 Å². The summed E-state index contributed by atoms with van der Waals surface area (Å²) in [7, 11) is 1.35. The van der Waals surface area contributed by atoms with Gasteiger partial charge in [-0.1, -0.05) is 6.42 Å². The van der Waals surface area contributed by atoms with Gasteiger partial charge in [0.25, 0.3) is 0 Å². The van der Waals surface area contributed by atoms with Crippen molar-refractivity contribution in [2.75, 3.05) is 20.2 Å². The molecular formula is C12H21NO3. The molecule has 1 aliphatic rings. The van der Waals surface area contributed by atoms with Crippen LogP contribution in [0.15, 0.2) is 0 Å². The van der Waals surface area contributed by atoms with Gasteiger partial charge in [-0.15, -0.1) is 0 Å². The molecule has 0 aromatic carbocycles. The van der Waals surface area contributed by atoms with Crippen molar-refractivity contribution >= 4 is 11.8 Å². The Bertz CT molecular complexity index is 247. The van der Waals surface area contributed by atoms with Crippen LogP contribution in [0.25, 0.3) is 0 Å². The zero-order valence-corrected chi connectivity index (χ0v) is 10.2. The monoisotopic (exact) mass is 227 g/mol. The van der Waals surface area contributed by atoms with Crippen LogP contribution in [0.3, 0.4) is 0 Å². The topological polar surface area (TPSA) is 46.6 Å². The first-order valence-corrected chi connectivity index (χ1v) is 5.98. The predicted molar refractivity (Wildman–Crippen MR) is 61.1 cm³/mol. The van der Waals surface area contributed by atoms with E-state index < -0.39 is 0 Å². The normalized spacial score (nSPS) is 19.1. The number of Topliss-reactive ketones (excluding diaryl/α,β-unsaturated/α-hetero) is 1. The van der Waals surface area contributed by atoms with Gasteiger partial charge < -0.3 is 4.74 Å². The number of ketones is 1. The van der Waals surface area contributed by atoms with Crippen molar-refractivity contribution in [2.45, 2.75) is 45.1 Å². The molecular weight excluding hydrogens is 206 g/mol. The molecule has 1 fully saturated rings. The highest BCUT2D eigenvalue weighted by Gasteiger charge is 2.22. The molecule has 0 aromatic rings. The summed E-state index contributed by atoms with van der Waals surface area (Å²) in [6.07, 6.45) is 4.11. The second kappa shape index (κ2) is 6.63. The average Bonchev–Trinajstić information content (AvgIpc) is 2.35. The van der Waals surface area contributed by atoms with Gasteiger partial charge in [0.1, 0.15) is 5.78 Å². The van der Waals surface area contributed by atoms with Crippen LogP contribution in [0, 0.1) is 0 Å². The van der Waals surface area contributed by atoms with E-state index in [-0.39, 0.29) is 24.2 Å². The lowest BCUT2D eigenvalue weighted by molar-refractivity contribution is -0.142. The lowest BCUT2D eigenvalue weighted by Crippen LogP contribution is -2.42. The molecule has 0 bridgehead atoms. The van der Waals surface area contributed by atoms with Gasteiger partial charge in [0, 0.05) is 6.42 Å². The van der Waals surface area contributed by atoms with Gasteiger partial charge in [-0.3, -0.25) is 14.5 Å². The van der Waals surface area contributed by atoms with Crippen LogP contribution in [0.5, 0.6) is 0 Å². The number of carbonyl (C=O) groups is 2. The molecule has 92 valence electrons. The molecule has 1 heterocycles. The van der Waals surface area contributed by atoms with E-state index in [1.807, 2.05) is 6.92 Å². The highest BCUT2D eigenvalue weighted by Crippen LogP contribution is 2.13. The Morgan fingerprint density at radius 3 is 2.38 bits per heavy atom. The number of hydrogen-bond donors (Lipinski definition) is 0. The van der Waals surface area contributed by atoms with Gasteiger partial charge in [-0.2, -0.15) is 0 Å². The van der Waals surface area contributed by atoms with Crippen molar-refractivity contribution in [1.29, 1.82) is 0 Å². The highest BCUT2D eigenvalue weighted by molar-refractivity contribution is 5.86. The van der Waals surface area contributed by atoms with Gasteiger partial charge >= 0.3 is 5.97 Å². The van der Waals surface area contributed by atoms with Gasteiger partial charge in [0.15, 0.2) is 0 Å². The maximum absolute atomic E-state index is 11.8. The van der Waals surface area contributed by atoms with Crippen LogP contribution >= 0.6 is 0 Å². The van der Waals surface area contributed by atoms with Gasteiger partial charge in [-0.25, -0.2) is 0 Å². The molecule has 0 N–H and O–H groups in total. The quantitative estimate of drug-likeness (QED) is 0.666. The van der Waals surface area contributed by atoms with E-state index in [2.05, 4.69) is 9.64 Å². The number of nitrogens with zero attached hydrogens (tertiary/aromatic N) is 1. The van der Waals surface area contributed by atoms with Crippen LogP contribution < -0.4 is 0 Å². The Kier molecular flexibility index (Phi) is 5.46. The van der Waals surface area contributed by atoms with E-state index in [1.165, 1.54) is 26.4 Å². The van der Waals surface area contributed by atoms with Crippen LogP contribution in [0.2, 0.25) is 0 Å². The zero-order valence-electron chi connectivity index (χ0n) is 10.2. The molecule has 0 aromatic heterocycles. The fourth-order valence-electron chi connectivity index (χ4n) is 2.05. The molecule has 0 saturated carbocycles. The molecule has 1 aliphatic heterocycles. The van der Waals surface area contributed by atoms with Crippen molar-refractivity contribution < 1.29 is 14.3 Å². The number of likely N-dealkylation sites (tertiary alicyclic amines) is 1. The molecule has 0 amide bonds. The van der Waals surface area contributed by atoms with Crippen molar-refractivity contribution in [3.8, 4) is 0 Å². The SMILES string of the molecule is COC(=O)CCC(=O)C(C)N1CCCCC1. The second-order valence-corrected chi connectivity index (χ2v) is 4.32. The van der Waals surface area contributed by atoms with Crippen molar-refractivity contribution in [2.24, 2.45) is 0 Å². The Hall–Kier alpha value is -0.900. The number of methoxy groups -OCH3 is 1. The minimum atomic E-state index is -0.306.